The number of nitrogens with zero attached hydrogens (tertiary/aromatic N) is 2. The Kier molecular flexibility index (Phi) is 7.95. The Bertz CT molecular complexity index is 700. The molecule has 2 aromatic rings. The van der Waals surface area contributed by atoms with E-state index in [1.807, 2.05) is 12.1 Å². The van der Waals surface area contributed by atoms with Crippen LogP contribution in [0.25, 0.3) is 0 Å². The van der Waals surface area contributed by atoms with Gasteiger partial charge in [0.2, 0.25) is 0 Å². The molecular weight excluding hydrogens is 360 g/mol. The molecule has 27 heavy (non-hydrogen) atoms. The first kappa shape index (κ1) is 19.7. The number of hydrogen-bond acceptors (Lipinski definition) is 5. The molecule has 1 aromatic carbocycles. The molecule has 0 atom stereocenters. The molecule has 1 aromatic heterocycles. The number of rotatable bonds is 8. The van der Waals surface area contributed by atoms with Crippen molar-refractivity contribution in [2.24, 2.45) is 4.99 Å². The lowest BCUT2D eigenvalue weighted by Gasteiger charge is -2.26. The molecule has 0 spiro atoms. The van der Waals surface area contributed by atoms with Crippen molar-refractivity contribution in [3.63, 3.8) is 0 Å². The van der Waals surface area contributed by atoms with Crippen molar-refractivity contribution in [2.75, 3.05) is 46.5 Å². The standard InChI is InChI=1S/C20H28N4O2S/c1-21-20(23-16-19-6-3-13-27-19)22-15-17-4-2-5-18(14-17)26-12-9-24-7-10-25-11-8-24/h2-6,13-14H,7-12,15-16H2,1H3,(H2,21,22,23). The number of hydrogen-bond donors (Lipinski definition) is 2. The SMILES string of the molecule is CN=C(NCc1cccc(OCCN2CCOCC2)c1)NCc1cccs1. The van der Waals surface area contributed by atoms with Crippen LogP contribution in [0.2, 0.25) is 0 Å². The minimum absolute atomic E-state index is 0.695. The molecule has 2 heterocycles. The van der Waals surface area contributed by atoms with Crippen molar-refractivity contribution < 1.29 is 9.47 Å². The average Bonchev–Trinajstić information content (AvgIpc) is 3.23. The van der Waals surface area contributed by atoms with Crippen LogP contribution < -0.4 is 15.4 Å². The van der Waals surface area contributed by atoms with Crippen LogP contribution in [0.4, 0.5) is 0 Å². The fourth-order valence-electron chi connectivity index (χ4n) is 2.85. The Hall–Kier alpha value is -2.09. The zero-order valence-corrected chi connectivity index (χ0v) is 16.6. The highest BCUT2D eigenvalue weighted by atomic mass is 32.1. The third kappa shape index (κ3) is 6.86. The van der Waals surface area contributed by atoms with Gasteiger partial charge in [0.05, 0.1) is 19.8 Å². The highest BCUT2D eigenvalue weighted by Gasteiger charge is 2.09. The fraction of sp³-hybridized carbons (Fsp3) is 0.450. The maximum Gasteiger partial charge on any atom is 0.191 e. The maximum absolute atomic E-state index is 5.92. The lowest BCUT2D eigenvalue weighted by Crippen LogP contribution is -2.38. The molecule has 7 heteroatoms. The second-order valence-electron chi connectivity index (χ2n) is 6.31. The number of aliphatic imine (C=N–C) groups is 1. The van der Waals surface area contributed by atoms with E-state index in [0.717, 1.165) is 56.7 Å². The second kappa shape index (κ2) is 10.9. The van der Waals surface area contributed by atoms with Crippen LogP contribution in [0.3, 0.4) is 0 Å². The van der Waals surface area contributed by atoms with E-state index in [1.165, 1.54) is 4.88 Å². The first-order chi connectivity index (χ1) is 13.3. The first-order valence-electron chi connectivity index (χ1n) is 9.32. The van der Waals surface area contributed by atoms with E-state index in [2.05, 4.69) is 50.2 Å². The summed E-state index contributed by atoms with van der Waals surface area (Å²) in [5.74, 6) is 1.70. The van der Waals surface area contributed by atoms with E-state index in [1.54, 1.807) is 18.4 Å². The lowest BCUT2D eigenvalue weighted by atomic mass is 10.2. The summed E-state index contributed by atoms with van der Waals surface area (Å²) in [7, 11) is 1.79. The summed E-state index contributed by atoms with van der Waals surface area (Å²) < 4.78 is 11.3. The van der Waals surface area contributed by atoms with Crippen LogP contribution in [0, 0.1) is 0 Å². The summed E-state index contributed by atoms with van der Waals surface area (Å²) in [6.45, 7) is 6.74. The molecule has 0 aliphatic carbocycles. The molecule has 2 N–H and O–H groups in total. The van der Waals surface area contributed by atoms with E-state index in [4.69, 9.17) is 9.47 Å². The van der Waals surface area contributed by atoms with Gasteiger partial charge in [-0.3, -0.25) is 9.89 Å². The third-order valence-electron chi connectivity index (χ3n) is 4.37. The van der Waals surface area contributed by atoms with E-state index in [0.29, 0.717) is 13.2 Å². The fourth-order valence-corrected chi connectivity index (χ4v) is 3.50. The van der Waals surface area contributed by atoms with Crippen molar-refractivity contribution in [1.82, 2.24) is 15.5 Å². The van der Waals surface area contributed by atoms with Gasteiger partial charge in [0, 0.05) is 38.1 Å². The molecule has 0 bridgehead atoms. The van der Waals surface area contributed by atoms with Crippen molar-refractivity contribution >= 4 is 17.3 Å². The molecular formula is C20H28N4O2S. The summed E-state index contributed by atoms with van der Waals surface area (Å²) in [5.41, 5.74) is 1.16. The molecule has 0 amide bonds. The van der Waals surface area contributed by atoms with E-state index >= 15 is 0 Å². The normalized spacial score (nSPS) is 15.5. The van der Waals surface area contributed by atoms with Gasteiger partial charge in [0.15, 0.2) is 5.96 Å². The van der Waals surface area contributed by atoms with Gasteiger partial charge in [-0.1, -0.05) is 18.2 Å². The first-order valence-corrected chi connectivity index (χ1v) is 10.2. The molecule has 3 rings (SSSR count). The topological polar surface area (TPSA) is 58.1 Å². The minimum Gasteiger partial charge on any atom is -0.492 e. The van der Waals surface area contributed by atoms with Crippen molar-refractivity contribution in [3.8, 4) is 5.75 Å². The molecule has 0 unspecified atom stereocenters. The van der Waals surface area contributed by atoms with Crippen LogP contribution in [0.15, 0.2) is 46.8 Å². The van der Waals surface area contributed by atoms with Gasteiger partial charge in [-0.25, -0.2) is 0 Å². The molecule has 1 fully saturated rings. The summed E-state index contributed by atoms with van der Waals surface area (Å²) in [4.78, 5) is 7.94. The van der Waals surface area contributed by atoms with Crippen molar-refractivity contribution in [3.05, 3.63) is 52.2 Å². The Morgan fingerprint density at radius 3 is 2.81 bits per heavy atom. The van der Waals surface area contributed by atoms with Gasteiger partial charge in [0.25, 0.3) is 0 Å². The van der Waals surface area contributed by atoms with Gasteiger partial charge in [-0.15, -0.1) is 11.3 Å². The van der Waals surface area contributed by atoms with Crippen LogP contribution in [0.1, 0.15) is 10.4 Å². The van der Waals surface area contributed by atoms with Gasteiger partial charge in [-0.2, -0.15) is 0 Å². The van der Waals surface area contributed by atoms with Gasteiger partial charge in [0.1, 0.15) is 12.4 Å². The third-order valence-corrected chi connectivity index (χ3v) is 5.25. The van der Waals surface area contributed by atoms with Crippen LogP contribution in [-0.2, 0) is 17.8 Å². The Balaban J connectivity index is 1.41. The number of thiophene rings is 1. The number of benzene rings is 1. The molecule has 0 saturated carbocycles. The average molecular weight is 389 g/mol. The summed E-state index contributed by atoms with van der Waals surface area (Å²) in [6.07, 6.45) is 0. The van der Waals surface area contributed by atoms with E-state index in [-0.39, 0.29) is 0 Å². The molecule has 1 aliphatic rings. The van der Waals surface area contributed by atoms with E-state index in [9.17, 15) is 0 Å². The van der Waals surface area contributed by atoms with Crippen LogP contribution in [0.5, 0.6) is 5.75 Å². The van der Waals surface area contributed by atoms with Crippen molar-refractivity contribution in [2.45, 2.75) is 13.1 Å². The van der Waals surface area contributed by atoms with E-state index < -0.39 is 0 Å². The van der Waals surface area contributed by atoms with Gasteiger partial charge >= 0.3 is 0 Å². The van der Waals surface area contributed by atoms with Crippen molar-refractivity contribution in [1.29, 1.82) is 0 Å². The largest absolute Gasteiger partial charge is 0.492 e. The van der Waals surface area contributed by atoms with Crippen LogP contribution in [-0.4, -0.2) is 57.4 Å². The Morgan fingerprint density at radius 2 is 2.04 bits per heavy atom. The quantitative estimate of drug-likeness (QED) is 0.537. The smallest absolute Gasteiger partial charge is 0.191 e. The van der Waals surface area contributed by atoms with Crippen LogP contribution >= 0.6 is 11.3 Å². The minimum atomic E-state index is 0.695. The summed E-state index contributed by atoms with van der Waals surface area (Å²) in [5, 5.41) is 8.76. The Morgan fingerprint density at radius 1 is 1.19 bits per heavy atom. The number of ether oxygens (including phenoxy) is 2. The molecule has 146 valence electrons. The highest BCUT2D eigenvalue weighted by molar-refractivity contribution is 7.09. The zero-order valence-electron chi connectivity index (χ0n) is 15.8. The predicted octanol–water partition coefficient (Wildman–Crippen LogP) is 2.32. The highest BCUT2D eigenvalue weighted by Crippen LogP contribution is 2.13. The number of morpholine rings is 1. The molecule has 6 nitrogen and oxygen atoms in total. The number of guanidine groups is 1. The maximum atomic E-state index is 5.92. The molecule has 1 aliphatic heterocycles. The molecule has 1 saturated heterocycles. The molecule has 0 radical (unpaired) electrons. The summed E-state index contributed by atoms with van der Waals surface area (Å²) >= 11 is 1.74. The van der Waals surface area contributed by atoms with Gasteiger partial charge in [-0.05, 0) is 29.1 Å². The number of nitrogens with one attached hydrogen (secondary N) is 2. The zero-order chi connectivity index (χ0) is 18.7. The second-order valence-corrected chi connectivity index (χ2v) is 7.34. The summed E-state index contributed by atoms with van der Waals surface area (Å²) in [6, 6.07) is 12.4. The predicted molar refractivity (Wildman–Crippen MR) is 111 cm³/mol. The monoisotopic (exact) mass is 388 g/mol. The Labute approximate surface area is 165 Å². The lowest BCUT2D eigenvalue weighted by molar-refractivity contribution is 0.0322. The van der Waals surface area contributed by atoms with Gasteiger partial charge < -0.3 is 20.1 Å².